The molecule has 0 bridgehead atoms. The van der Waals surface area contributed by atoms with E-state index in [-0.39, 0.29) is 0 Å². The first kappa shape index (κ1) is 7.60. The molecule has 1 saturated carbocycles. The second-order valence-electron chi connectivity index (χ2n) is 3.85. The molecule has 63 valence electrons. The number of hydrogen-bond donors (Lipinski definition) is 0. The van der Waals surface area contributed by atoms with Crippen molar-refractivity contribution < 1.29 is 0 Å². The summed E-state index contributed by atoms with van der Waals surface area (Å²) in [5.41, 5.74) is 0. The van der Waals surface area contributed by atoms with Crippen LogP contribution in [0.5, 0.6) is 0 Å². The van der Waals surface area contributed by atoms with E-state index in [2.05, 4.69) is 11.4 Å². The number of hydrogen-bond acceptors (Lipinski definition) is 1. The predicted molar refractivity (Wildman–Crippen MR) is 47.1 cm³/mol. The fourth-order valence-electron chi connectivity index (χ4n) is 2.37. The molecule has 0 aromatic heterocycles. The van der Waals surface area contributed by atoms with E-state index in [4.69, 9.17) is 0 Å². The van der Waals surface area contributed by atoms with E-state index in [0.29, 0.717) is 0 Å². The minimum Gasteiger partial charge on any atom is -0.296 e. The molecule has 0 N–H and O–H groups in total. The molecule has 1 heteroatoms. The summed E-state index contributed by atoms with van der Waals surface area (Å²) in [5.74, 6) is 0. The van der Waals surface area contributed by atoms with E-state index in [1.54, 1.807) is 0 Å². The molecule has 0 aromatic rings. The normalized spacial score (nSPS) is 29.5. The van der Waals surface area contributed by atoms with Gasteiger partial charge in [-0.05, 0) is 32.2 Å². The molecular weight excluding hydrogens is 134 g/mol. The van der Waals surface area contributed by atoms with Gasteiger partial charge in [-0.25, -0.2) is 0 Å². The topological polar surface area (TPSA) is 3.24 Å². The highest BCUT2D eigenvalue weighted by molar-refractivity contribution is 4.85. The Kier molecular flexibility index (Phi) is 2.47. The van der Waals surface area contributed by atoms with Crippen molar-refractivity contribution in [1.29, 1.82) is 0 Å². The van der Waals surface area contributed by atoms with E-state index >= 15 is 0 Å². The summed E-state index contributed by atoms with van der Waals surface area (Å²) in [6.45, 7) is 3.76. The van der Waals surface area contributed by atoms with Crippen LogP contribution in [0.2, 0.25) is 0 Å². The highest BCUT2D eigenvalue weighted by Gasteiger charge is 2.23. The lowest BCUT2D eigenvalue weighted by atomic mass is 9.94. The quantitative estimate of drug-likeness (QED) is 0.558. The molecule has 0 spiro atoms. The van der Waals surface area contributed by atoms with Crippen LogP contribution >= 0.6 is 0 Å². The Bertz CT molecular complexity index is 110. The van der Waals surface area contributed by atoms with Gasteiger partial charge in [-0.2, -0.15) is 0 Å². The van der Waals surface area contributed by atoms with Crippen LogP contribution in [0.3, 0.4) is 0 Å². The third-order valence-corrected chi connectivity index (χ3v) is 3.03. The lowest BCUT2D eigenvalue weighted by Gasteiger charge is -2.30. The summed E-state index contributed by atoms with van der Waals surface area (Å²) in [6.07, 6.45) is 10.0. The molecule has 1 aliphatic heterocycles. The molecule has 1 nitrogen and oxygen atoms in total. The largest absolute Gasteiger partial charge is 0.296 e. The fraction of sp³-hybridized carbons (Fsp3) is 0.900. The van der Waals surface area contributed by atoms with Gasteiger partial charge < -0.3 is 0 Å². The maximum atomic E-state index is 2.60. The lowest BCUT2D eigenvalue weighted by molar-refractivity contribution is 0.219. The van der Waals surface area contributed by atoms with Gasteiger partial charge >= 0.3 is 0 Å². The van der Waals surface area contributed by atoms with Crippen molar-refractivity contribution >= 4 is 0 Å². The summed E-state index contributed by atoms with van der Waals surface area (Å²) in [5, 5.41) is 0. The first-order valence-electron chi connectivity index (χ1n) is 5.06. The van der Waals surface area contributed by atoms with Crippen LogP contribution in [0.4, 0.5) is 0 Å². The Morgan fingerprint density at radius 1 is 1.00 bits per heavy atom. The molecule has 0 unspecified atom stereocenters. The van der Waals surface area contributed by atoms with Crippen LogP contribution in [-0.4, -0.2) is 17.5 Å². The fourth-order valence-corrected chi connectivity index (χ4v) is 2.37. The van der Waals surface area contributed by atoms with Gasteiger partial charge in [-0.1, -0.05) is 19.3 Å². The highest BCUT2D eigenvalue weighted by atomic mass is 15.2. The van der Waals surface area contributed by atoms with Crippen LogP contribution in [-0.2, 0) is 0 Å². The van der Waals surface area contributed by atoms with Crippen molar-refractivity contribution in [3.8, 4) is 0 Å². The molecule has 11 heavy (non-hydrogen) atoms. The Hall–Kier alpha value is -0.0400. The maximum absolute atomic E-state index is 2.60. The van der Waals surface area contributed by atoms with Crippen LogP contribution in [0, 0.1) is 6.54 Å². The Morgan fingerprint density at radius 3 is 2.45 bits per heavy atom. The molecule has 2 rings (SSSR count). The van der Waals surface area contributed by atoms with Gasteiger partial charge in [-0.3, -0.25) is 4.90 Å². The molecule has 2 aliphatic rings. The minimum atomic E-state index is 0.922. The molecule has 2 fully saturated rings. The summed E-state index contributed by atoms with van der Waals surface area (Å²) in [6, 6.07) is 0.922. The van der Waals surface area contributed by atoms with E-state index in [1.165, 1.54) is 51.5 Å². The first-order chi connectivity index (χ1) is 5.47. The Morgan fingerprint density at radius 2 is 1.82 bits per heavy atom. The van der Waals surface area contributed by atoms with Crippen LogP contribution in [0.1, 0.15) is 44.9 Å². The smallest absolute Gasteiger partial charge is 0.0255 e. The van der Waals surface area contributed by atoms with Crippen molar-refractivity contribution in [2.75, 3.05) is 6.54 Å². The monoisotopic (exact) mass is 152 g/mol. The van der Waals surface area contributed by atoms with Crippen LogP contribution < -0.4 is 0 Å². The predicted octanol–water partition coefficient (Wildman–Crippen LogP) is 2.58. The number of likely N-dealkylation sites (tertiary alicyclic amines) is 1. The lowest BCUT2D eigenvalue weighted by Crippen LogP contribution is -2.31. The second-order valence-corrected chi connectivity index (χ2v) is 3.85. The van der Waals surface area contributed by atoms with Crippen molar-refractivity contribution in [1.82, 2.24) is 4.90 Å². The summed E-state index contributed by atoms with van der Waals surface area (Å²) < 4.78 is 0. The zero-order valence-electron chi connectivity index (χ0n) is 7.26. The average Bonchev–Trinajstić information content (AvgIpc) is 2.58. The molecular formula is C10H18N. The molecule has 1 aliphatic carbocycles. The van der Waals surface area contributed by atoms with Crippen molar-refractivity contribution in [2.24, 2.45) is 0 Å². The zero-order chi connectivity index (χ0) is 7.52. The Labute approximate surface area is 69.8 Å². The summed E-state index contributed by atoms with van der Waals surface area (Å²) in [4.78, 5) is 2.60. The van der Waals surface area contributed by atoms with Crippen molar-refractivity contribution in [3.05, 3.63) is 6.54 Å². The molecule has 0 aromatic carbocycles. The molecule has 1 saturated heterocycles. The standard InChI is InChI=1S/C10H18N/c1-2-6-10(7-3-1)11-8-4-5-9-11/h8,10H,1-7,9H2. The van der Waals surface area contributed by atoms with Crippen LogP contribution in [0.25, 0.3) is 0 Å². The van der Waals surface area contributed by atoms with E-state index in [1.807, 2.05) is 0 Å². The molecule has 0 amide bonds. The van der Waals surface area contributed by atoms with Gasteiger partial charge in [0.2, 0.25) is 0 Å². The van der Waals surface area contributed by atoms with E-state index in [0.717, 1.165) is 6.04 Å². The first-order valence-corrected chi connectivity index (χ1v) is 5.06. The third-order valence-electron chi connectivity index (χ3n) is 3.03. The maximum Gasteiger partial charge on any atom is 0.0255 e. The van der Waals surface area contributed by atoms with Gasteiger partial charge in [0.25, 0.3) is 0 Å². The van der Waals surface area contributed by atoms with Crippen molar-refractivity contribution in [3.63, 3.8) is 0 Å². The number of nitrogens with zero attached hydrogens (tertiary/aromatic N) is 1. The second kappa shape index (κ2) is 3.57. The number of rotatable bonds is 1. The molecule has 1 heterocycles. The van der Waals surface area contributed by atoms with Gasteiger partial charge in [0.15, 0.2) is 0 Å². The van der Waals surface area contributed by atoms with Gasteiger partial charge in [0.1, 0.15) is 0 Å². The SMILES string of the molecule is [CH]1CCCN1C1CCCCC1. The minimum absolute atomic E-state index is 0.922. The van der Waals surface area contributed by atoms with Gasteiger partial charge in [0, 0.05) is 12.6 Å². The van der Waals surface area contributed by atoms with Gasteiger partial charge in [0.05, 0.1) is 0 Å². The molecule has 1 radical (unpaired) electrons. The van der Waals surface area contributed by atoms with E-state index in [9.17, 15) is 0 Å². The summed E-state index contributed by atoms with van der Waals surface area (Å²) >= 11 is 0. The zero-order valence-corrected chi connectivity index (χ0v) is 7.26. The third kappa shape index (κ3) is 1.76. The van der Waals surface area contributed by atoms with Crippen molar-refractivity contribution in [2.45, 2.75) is 51.0 Å². The van der Waals surface area contributed by atoms with E-state index < -0.39 is 0 Å². The van der Waals surface area contributed by atoms with Gasteiger partial charge in [-0.15, -0.1) is 0 Å². The highest BCUT2D eigenvalue weighted by Crippen LogP contribution is 2.26. The average molecular weight is 152 g/mol. The molecule has 0 atom stereocenters. The Balaban J connectivity index is 1.82. The summed E-state index contributed by atoms with van der Waals surface area (Å²) in [7, 11) is 0. The van der Waals surface area contributed by atoms with Crippen LogP contribution in [0.15, 0.2) is 0 Å².